The molecule has 0 aliphatic heterocycles. The fourth-order valence-electron chi connectivity index (χ4n) is 2.04. The molecule has 0 atom stereocenters. The monoisotopic (exact) mass is 320 g/mol. The zero-order valence-corrected chi connectivity index (χ0v) is 11.6. The number of fused-ring (bicyclic) bond motifs is 1. The van der Waals surface area contributed by atoms with E-state index in [4.69, 9.17) is 0 Å². The van der Waals surface area contributed by atoms with Crippen LogP contribution in [0.2, 0.25) is 0 Å². The van der Waals surface area contributed by atoms with Crippen molar-refractivity contribution in [2.24, 2.45) is 0 Å². The molecule has 2 amide bonds. The lowest BCUT2D eigenvalue weighted by molar-refractivity contribution is -0.137. The quantitative estimate of drug-likeness (QED) is 0.750. The van der Waals surface area contributed by atoms with E-state index in [1.165, 1.54) is 12.1 Å². The molecule has 2 heterocycles. The van der Waals surface area contributed by atoms with Crippen LogP contribution < -0.4 is 10.6 Å². The van der Waals surface area contributed by atoms with Crippen LogP contribution in [0.1, 0.15) is 5.56 Å². The number of urea groups is 1. The van der Waals surface area contributed by atoms with Gasteiger partial charge >= 0.3 is 12.2 Å². The number of benzene rings is 1. The van der Waals surface area contributed by atoms with Gasteiger partial charge in [-0.2, -0.15) is 18.3 Å². The average Bonchev–Trinajstić information content (AvgIpc) is 2.94. The highest BCUT2D eigenvalue weighted by Gasteiger charge is 2.29. The molecule has 2 N–H and O–H groups in total. The Morgan fingerprint density at radius 3 is 2.39 bits per heavy atom. The van der Waals surface area contributed by atoms with Gasteiger partial charge in [-0.15, -0.1) is 0 Å². The molecule has 1 aromatic carbocycles. The molecule has 0 aliphatic rings. The minimum atomic E-state index is -4.40. The van der Waals surface area contributed by atoms with Crippen molar-refractivity contribution in [2.75, 3.05) is 10.6 Å². The van der Waals surface area contributed by atoms with E-state index in [0.717, 1.165) is 17.6 Å². The Morgan fingerprint density at radius 2 is 1.70 bits per heavy atom. The summed E-state index contributed by atoms with van der Waals surface area (Å²) in [5.74, 6) is 0. The first-order valence-corrected chi connectivity index (χ1v) is 6.60. The van der Waals surface area contributed by atoms with E-state index in [9.17, 15) is 18.0 Å². The van der Waals surface area contributed by atoms with Crippen LogP contribution in [-0.2, 0) is 6.18 Å². The molecule has 0 spiro atoms. The average molecular weight is 320 g/mol. The topological polar surface area (TPSA) is 58.4 Å². The van der Waals surface area contributed by atoms with Crippen molar-refractivity contribution in [3.63, 3.8) is 0 Å². The number of halogens is 3. The molecule has 0 fully saturated rings. The molecule has 0 saturated carbocycles. The minimum absolute atomic E-state index is 0.265. The maximum absolute atomic E-state index is 12.5. The van der Waals surface area contributed by atoms with Gasteiger partial charge in [-0.25, -0.2) is 9.31 Å². The highest BCUT2D eigenvalue weighted by molar-refractivity contribution is 6.00. The van der Waals surface area contributed by atoms with Gasteiger partial charge in [0, 0.05) is 23.8 Å². The number of carbonyl (C=O) groups is 1. The number of hydrogen-bond acceptors (Lipinski definition) is 2. The SMILES string of the molecule is O=C(Nc1ccc(C(F)(F)F)cc1)Nc1ccn2nccc2c1. The van der Waals surface area contributed by atoms with Crippen LogP contribution in [0.4, 0.5) is 29.3 Å². The Labute approximate surface area is 128 Å². The number of pyridine rings is 1. The van der Waals surface area contributed by atoms with Gasteiger partial charge in [-0.3, -0.25) is 0 Å². The number of alkyl halides is 3. The predicted molar refractivity (Wildman–Crippen MR) is 79.3 cm³/mol. The molecule has 0 unspecified atom stereocenters. The summed E-state index contributed by atoms with van der Waals surface area (Å²) in [5, 5.41) is 9.11. The summed E-state index contributed by atoms with van der Waals surface area (Å²) in [6, 6.07) is 8.83. The Morgan fingerprint density at radius 1 is 1.00 bits per heavy atom. The van der Waals surface area contributed by atoms with Crippen molar-refractivity contribution in [1.29, 1.82) is 0 Å². The molecule has 0 bridgehead atoms. The lowest BCUT2D eigenvalue weighted by Gasteiger charge is -2.10. The smallest absolute Gasteiger partial charge is 0.308 e. The van der Waals surface area contributed by atoms with E-state index in [1.807, 2.05) is 0 Å². The fourth-order valence-corrected chi connectivity index (χ4v) is 2.04. The lowest BCUT2D eigenvalue weighted by Crippen LogP contribution is -2.19. The first-order valence-electron chi connectivity index (χ1n) is 6.60. The molecular weight excluding hydrogens is 309 g/mol. The van der Waals surface area contributed by atoms with Crippen LogP contribution in [0, 0.1) is 0 Å². The third-order valence-corrected chi connectivity index (χ3v) is 3.13. The van der Waals surface area contributed by atoms with E-state index in [1.54, 1.807) is 35.1 Å². The molecule has 5 nitrogen and oxygen atoms in total. The van der Waals surface area contributed by atoms with Gasteiger partial charge in [0.15, 0.2) is 0 Å². The number of nitrogens with one attached hydrogen (secondary N) is 2. The maximum Gasteiger partial charge on any atom is 0.416 e. The maximum atomic E-state index is 12.5. The van der Waals surface area contributed by atoms with Crippen molar-refractivity contribution in [1.82, 2.24) is 9.61 Å². The zero-order valence-electron chi connectivity index (χ0n) is 11.6. The van der Waals surface area contributed by atoms with E-state index in [0.29, 0.717) is 5.69 Å². The second-order valence-electron chi connectivity index (χ2n) is 4.77. The standard InChI is InChI=1S/C15H11F3N4O/c16-15(17,18)10-1-3-11(4-2-10)20-14(23)21-12-6-8-22-13(9-12)5-7-19-22/h1-9H,(H2,20,21,23). The first kappa shape index (κ1) is 14.9. The number of anilines is 2. The fraction of sp³-hybridized carbons (Fsp3) is 0.0667. The molecule has 3 rings (SSSR count). The number of hydrogen-bond donors (Lipinski definition) is 2. The van der Waals surface area contributed by atoms with E-state index >= 15 is 0 Å². The summed E-state index contributed by atoms with van der Waals surface area (Å²) in [4.78, 5) is 11.9. The van der Waals surface area contributed by atoms with E-state index in [2.05, 4.69) is 15.7 Å². The van der Waals surface area contributed by atoms with Crippen molar-refractivity contribution in [2.45, 2.75) is 6.18 Å². The van der Waals surface area contributed by atoms with Gasteiger partial charge in [0.2, 0.25) is 0 Å². The van der Waals surface area contributed by atoms with Crippen molar-refractivity contribution < 1.29 is 18.0 Å². The second-order valence-corrected chi connectivity index (χ2v) is 4.77. The number of carbonyl (C=O) groups excluding carboxylic acids is 1. The van der Waals surface area contributed by atoms with E-state index < -0.39 is 17.8 Å². The molecule has 8 heteroatoms. The summed E-state index contributed by atoms with van der Waals surface area (Å²) in [6.07, 6.45) is -1.09. The largest absolute Gasteiger partial charge is 0.416 e. The van der Waals surface area contributed by atoms with E-state index in [-0.39, 0.29) is 5.69 Å². The third-order valence-electron chi connectivity index (χ3n) is 3.13. The zero-order chi connectivity index (χ0) is 16.4. The third kappa shape index (κ3) is 3.42. The predicted octanol–water partition coefficient (Wildman–Crippen LogP) is 4.00. The van der Waals surface area contributed by atoms with Crippen LogP contribution in [-0.4, -0.2) is 15.6 Å². The van der Waals surface area contributed by atoms with Gasteiger partial charge in [0.05, 0.1) is 11.1 Å². The van der Waals surface area contributed by atoms with Gasteiger partial charge in [-0.1, -0.05) is 0 Å². The minimum Gasteiger partial charge on any atom is -0.308 e. The molecule has 2 aromatic heterocycles. The van der Waals surface area contributed by atoms with Crippen LogP contribution in [0.25, 0.3) is 5.52 Å². The number of aromatic nitrogens is 2. The number of nitrogens with zero attached hydrogens (tertiary/aromatic N) is 2. The molecule has 0 radical (unpaired) electrons. The van der Waals surface area contributed by atoms with Crippen molar-refractivity contribution in [3.8, 4) is 0 Å². The van der Waals surface area contributed by atoms with Crippen molar-refractivity contribution >= 4 is 22.9 Å². The van der Waals surface area contributed by atoms with Gasteiger partial charge in [0.25, 0.3) is 0 Å². The normalized spacial score (nSPS) is 11.4. The summed E-state index contributed by atoms with van der Waals surface area (Å²) in [7, 11) is 0. The molecule has 0 saturated heterocycles. The van der Waals surface area contributed by atoms with Gasteiger partial charge < -0.3 is 10.6 Å². The summed E-state index contributed by atoms with van der Waals surface area (Å²) in [5.41, 5.74) is 0.843. The summed E-state index contributed by atoms with van der Waals surface area (Å²) < 4.78 is 39.0. The van der Waals surface area contributed by atoms with Crippen LogP contribution in [0.5, 0.6) is 0 Å². The highest BCUT2D eigenvalue weighted by Crippen LogP contribution is 2.29. The van der Waals surface area contributed by atoms with Crippen molar-refractivity contribution in [3.05, 3.63) is 60.4 Å². The molecule has 23 heavy (non-hydrogen) atoms. The number of rotatable bonds is 2. The molecule has 3 aromatic rings. The van der Waals surface area contributed by atoms with Gasteiger partial charge in [-0.05, 0) is 42.5 Å². The van der Waals surface area contributed by atoms with Crippen LogP contribution in [0.3, 0.4) is 0 Å². The Bertz CT molecular complexity index is 840. The Balaban J connectivity index is 1.66. The lowest BCUT2D eigenvalue weighted by atomic mass is 10.2. The highest BCUT2D eigenvalue weighted by atomic mass is 19.4. The van der Waals surface area contributed by atoms with Crippen LogP contribution in [0.15, 0.2) is 54.9 Å². The second kappa shape index (κ2) is 5.64. The first-order chi connectivity index (χ1) is 10.9. The molecule has 0 aliphatic carbocycles. The summed E-state index contributed by atoms with van der Waals surface area (Å²) >= 11 is 0. The summed E-state index contributed by atoms with van der Waals surface area (Å²) in [6.45, 7) is 0. The Hall–Kier alpha value is -3.03. The molecule has 118 valence electrons. The van der Waals surface area contributed by atoms with Gasteiger partial charge in [0.1, 0.15) is 0 Å². The molecular formula is C15H11F3N4O. The number of amides is 2. The van der Waals surface area contributed by atoms with Crippen LogP contribution >= 0.6 is 0 Å². The Kier molecular flexibility index (Phi) is 3.65.